The molecule has 0 atom stereocenters. The van der Waals surface area contributed by atoms with Crippen LogP contribution in [0.1, 0.15) is 11.4 Å². The molecule has 0 radical (unpaired) electrons. The summed E-state index contributed by atoms with van der Waals surface area (Å²) in [4.78, 5) is 0. The normalized spacial score (nSPS) is 10.6. The molecule has 1 aromatic carbocycles. The SMILES string of the molecule is Cc1ccc(-n2cnnc2CCl)c(Cl)c1. The van der Waals surface area contributed by atoms with Gasteiger partial charge < -0.3 is 0 Å². The van der Waals surface area contributed by atoms with Gasteiger partial charge in [-0.15, -0.1) is 21.8 Å². The predicted molar refractivity (Wildman–Crippen MR) is 60.7 cm³/mol. The summed E-state index contributed by atoms with van der Waals surface area (Å²) < 4.78 is 1.79. The second-order valence-electron chi connectivity index (χ2n) is 3.21. The molecule has 1 aromatic heterocycles. The number of nitrogens with zero attached hydrogens (tertiary/aromatic N) is 3. The van der Waals surface area contributed by atoms with E-state index in [1.54, 1.807) is 10.9 Å². The summed E-state index contributed by atoms with van der Waals surface area (Å²) in [7, 11) is 0. The minimum absolute atomic E-state index is 0.310. The summed E-state index contributed by atoms with van der Waals surface area (Å²) in [6.07, 6.45) is 1.61. The second kappa shape index (κ2) is 4.21. The second-order valence-corrected chi connectivity index (χ2v) is 3.88. The van der Waals surface area contributed by atoms with Gasteiger partial charge in [0.15, 0.2) is 5.82 Å². The van der Waals surface area contributed by atoms with Crippen LogP contribution in [0.25, 0.3) is 5.69 Å². The lowest BCUT2D eigenvalue weighted by molar-refractivity contribution is 0.950. The Morgan fingerprint density at radius 3 is 2.87 bits per heavy atom. The fourth-order valence-corrected chi connectivity index (χ4v) is 1.87. The van der Waals surface area contributed by atoms with Crippen molar-refractivity contribution >= 4 is 23.2 Å². The van der Waals surface area contributed by atoms with Gasteiger partial charge in [0.05, 0.1) is 16.6 Å². The molecule has 0 saturated heterocycles. The van der Waals surface area contributed by atoms with E-state index < -0.39 is 0 Å². The zero-order chi connectivity index (χ0) is 10.8. The van der Waals surface area contributed by atoms with Crippen LogP contribution < -0.4 is 0 Å². The van der Waals surface area contributed by atoms with Crippen LogP contribution in [0.15, 0.2) is 24.5 Å². The molecule has 0 unspecified atom stereocenters. The van der Waals surface area contributed by atoms with E-state index in [9.17, 15) is 0 Å². The van der Waals surface area contributed by atoms with Crippen LogP contribution in [0.3, 0.4) is 0 Å². The van der Waals surface area contributed by atoms with Crippen molar-refractivity contribution in [2.24, 2.45) is 0 Å². The Morgan fingerprint density at radius 2 is 2.20 bits per heavy atom. The summed E-state index contributed by atoms with van der Waals surface area (Å²) in [5.74, 6) is 0.993. The molecule has 0 spiro atoms. The fraction of sp³-hybridized carbons (Fsp3) is 0.200. The molecule has 5 heteroatoms. The Hall–Kier alpha value is -1.06. The third kappa shape index (κ3) is 1.98. The summed E-state index contributed by atoms with van der Waals surface area (Å²) in [6, 6.07) is 5.81. The van der Waals surface area contributed by atoms with Gasteiger partial charge in [0, 0.05) is 0 Å². The van der Waals surface area contributed by atoms with E-state index in [4.69, 9.17) is 23.2 Å². The van der Waals surface area contributed by atoms with Crippen LogP contribution in [-0.4, -0.2) is 14.8 Å². The van der Waals surface area contributed by atoms with Gasteiger partial charge in [-0.3, -0.25) is 4.57 Å². The molecule has 15 heavy (non-hydrogen) atoms. The number of aryl methyl sites for hydroxylation is 1. The van der Waals surface area contributed by atoms with E-state index in [-0.39, 0.29) is 0 Å². The molecule has 0 N–H and O–H groups in total. The molecule has 2 rings (SSSR count). The minimum atomic E-state index is 0.310. The zero-order valence-corrected chi connectivity index (χ0v) is 9.63. The predicted octanol–water partition coefficient (Wildman–Crippen LogP) is 2.97. The maximum atomic E-state index is 6.13. The average Bonchev–Trinajstić information content (AvgIpc) is 2.65. The van der Waals surface area contributed by atoms with Crippen molar-refractivity contribution in [1.29, 1.82) is 0 Å². The van der Waals surface area contributed by atoms with Crippen LogP contribution >= 0.6 is 23.2 Å². The molecule has 3 nitrogen and oxygen atoms in total. The van der Waals surface area contributed by atoms with Gasteiger partial charge >= 0.3 is 0 Å². The quantitative estimate of drug-likeness (QED) is 0.758. The first-order chi connectivity index (χ1) is 7.22. The Kier molecular flexibility index (Phi) is 2.93. The Bertz CT molecular complexity index is 479. The van der Waals surface area contributed by atoms with E-state index >= 15 is 0 Å². The van der Waals surface area contributed by atoms with Gasteiger partial charge in [-0.25, -0.2) is 0 Å². The number of hydrogen-bond acceptors (Lipinski definition) is 2. The molecular formula is C10H9Cl2N3. The summed E-state index contributed by atoms with van der Waals surface area (Å²) in [5, 5.41) is 8.37. The van der Waals surface area contributed by atoms with E-state index in [1.807, 2.05) is 25.1 Å². The minimum Gasteiger partial charge on any atom is -0.283 e. The highest BCUT2D eigenvalue weighted by atomic mass is 35.5. The van der Waals surface area contributed by atoms with Crippen molar-refractivity contribution in [1.82, 2.24) is 14.8 Å². The van der Waals surface area contributed by atoms with Crippen molar-refractivity contribution in [2.75, 3.05) is 0 Å². The first-order valence-electron chi connectivity index (χ1n) is 4.44. The highest BCUT2D eigenvalue weighted by molar-refractivity contribution is 6.32. The fourth-order valence-electron chi connectivity index (χ4n) is 1.36. The lowest BCUT2D eigenvalue weighted by Gasteiger charge is -2.07. The summed E-state index contributed by atoms with van der Waals surface area (Å²) >= 11 is 11.9. The highest BCUT2D eigenvalue weighted by Crippen LogP contribution is 2.22. The van der Waals surface area contributed by atoms with Gasteiger partial charge in [-0.1, -0.05) is 17.7 Å². The average molecular weight is 242 g/mol. The third-order valence-corrected chi connectivity index (χ3v) is 2.64. The summed E-state index contributed by atoms with van der Waals surface area (Å²) in [6.45, 7) is 1.99. The molecule has 0 saturated carbocycles. The van der Waals surface area contributed by atoms with E-state index in [2.05, 4.69) is 10.2 Å². The van der Waals surface area contributed by atoms with Crippen LogP contribution in [-0.2, 0) is 5.88 Å². The molecule has 0 aliphatic rings. The molecule has 0 aliphatic carbocycles. The Morgan fingerprint density at radius 1 is 1.40 bits per heavy atom. The largest absolute Gasteiger partial charge is 0.283 e. The number of alkyl halides is 1. The Labute approximate surface area is 97.7 Å². The topological polar surface area (TPSA) is 30.7 Å². The zero-order valence-electron chi connectivity index (χ0n) is 8.11. The highest BCUT2D eigenvalue weighted by Gasteiger charge is 2.08. The molecule has 0 bridgehead atoms. The lowest BCUT2D eigenvalue weighted by atomic mass is 10.2. The molecule has 2 aromatic rings. The van der Waals surface area contributed by atoms with Gasteiger partial charge in [0.2, 0.25) is 0 Å². The van der Waals surface area contributed by atoms with Gasteiger partial charge in [-0.2, -0.15) is 0 Å². The molecule has 0 fully saturated rings. The molecule has 0 amide bonds. The van der Waals surface area contributed by atoms with Crippen molar-refractivity contribution in [2.45, 2.75) is 12.8 Å². The molecule has 1 heterocycles. The van der Waals surface area contributed by atoms with Crippen molar-refractivity contribution in [3.63, 3.8) is 0 Å². The van der Waals surface area contributed by atoms with Crippen molar-refractivity contribution < 1.29 is 0 Å². The Balaban J connectivity index is 2.54. The maximum Gasteiger partial charge on any atom is 0.152 e. The lowest BCUT2D eigenvalue weighted by Crippen LogP contribution is -1.99. The number of hydrogen-bond donors (Lipinski definition) is 0. The van der Waals surface area contributed by atoms with Crippen LogP contribution in [0.5, 0.6) is 0 Å². The van der Waals surface area contributed by atoms with Gasteiger partial charge in [0.25, 0.3) is 0 Å². The van der Waals surface area contributed by atoms with Crippen LogP contribution in [0.2, 0.25) is 5.02 Å². The number of benzene rings is 1. The van der Waals surface area contributed by atoms with Gasteiger partial charge in [0.1, 0.15) is 6.33 Å². The van der Waals surface area contributed by atoms with Gasteiger partial charge in [-0.05, 0) is 24.6 Å². The van der Waals surface area contributed by atoms with E-state index in [0.717, 1.165) is 11.3 Å². The number of rotatable bonds is 2. The monoisotopic (exact) mass is 241 g/mol. The van der Waals surface area contributed by atoms with E-state index in [0.29, 0.717) is 16.7 Å². The van der Waals surface area contributed by atoms with Crippen LogP contribution in [0, 0.1) is 6.92 Å². The molecule has 78 valence electrons. The number of aromatic nitrogens is 3. The third-order valence-electron chi connectivity index (χ3n) is 2.10. The van der Waals surface area contributed by atoms with Crippen molar-refractivity contribution in [3.8, 4) is 5.69 Å². The molecule has 0 aliphatic heterocycles. The van der Waals surface area contributed by atoms with Crippen molar-refractivity contribution in [3.05, 3.63) is 40.9 Å². The first kappa shape index (κ1) is 10.5. The maximum absolute atomic E-state index is 6.13. The first-order valence-corrected chi connectivity index (χ1v) is 5.35. The smallest absolute Gasteiger partial charge is 0.152 e. The van der Waals surface area contributed by atoms with E-state index in [1.165, 1.54) is 0 Å². The van der Waals surface area contributed by atoms with Crippen LogP contribution in [0.4, 0.5) is 0 Å². The number of halogens is 2. The summed E-state index contributed by atoms with van der Waals surface area (Å²) in [5.41, 5.74) is 1.96. The standard InChI is InChI=1S/C10H9Cl2N3/c1-7-2-3-9(8(12)4-7)15-6-13-14-10(15)5-11/h2-4,6H,5H2,1H3. The molecular weight excluding hydrogens is 233 g/mol.